The van der Waals surface area contributed by atoms with Crippen LogP contribution in [0.4, 0.5) is 0 Å². The summed E-state index contributed by atoms with van der Waals surface area (Å²) in [6.07, 6.45) is 46.8. The van der Waals surface area contributed by atoms with E-state index in [-0.39, 0.29) is 0 Å². The largest absolute Gasteiger partial charge is 0.379 e. The second-order valence-electron chi connectivity index (χ2n) is 13.4. The lowest BCUT2D eigenvalue weighted by atomic mass is 9.93. The molecule has 0 spiro atoms. The van der Waals surface area contributed by atoms with Crippen molar-refractivity contribution in [1.82, 2.24) is 0 Å². The van der Waals surface area contributed by atoms with Crippen LogP contribution in [0.25, 0.3) is 0 Å². The molecule has 0 rings (SSSR count). The van der Waals surface area contributed by atoms with Crippen LogP contribution >= 0.6 is 0 Å². The molecule has 2 nitrogen and oxygen atoms in total. The van der Waals surface area contributed by atoms with Crippen LogP contribution in [-0.2, 0) is 0 Å². The Balaban J connectivity index is 3.37. The first-order chi connectivity index (χ1) is 19.7. The zero-order valence-corrected chi connectivity index (χ0v) is 28.2. The van der Waals surface area contributed by atoms with E-state index in [1.807, 2.05) is 0 Å². The highest BCUT2D eigenvalue weighted by Crippen LogP contribution is 2.21. The molecular formula is C38H79NO. The zero-order valence-electron chi connectivity index (χ0n) is 28.2. The normalized spacial score (nSPS) is 12.5. The average Bonchev–Trinajstić information content (AvgIpc) is 2.95. The van der Waals surface area contributed by atoms with E-state index in [9.17, 15) is 5.11 Å². The van der Waals surface area contributed by atoms with Gasteiger partial charge in [-0.1, -0.05) is 219 Å². The SMILES string of the molecule is CCCCCCCCCCCCCCCCCCC(CCCCCCCCCCCCCCCCCC)C(N)O. The van der Waals surface area contributed by atoms with E-state index in [0.717, 1.165) is 12.8 Å². The minimum absolute atomic E-state index is 0.318. The Morgan fingerprint density at radius 1 is 0.325 bits per heavy atom. The van der Waals surface area contributed by atoms with E-state index in [1.54, 1.807) is 0 Å². The molecule has 1 atom stereocenters. The monoisotopic (exact) mass is 566 g/mol. The van der Waals surface area contributed by atoms with Gasteiger partial charge in [-0.25, -0.2) is 0 Å². The van der Waals surface area contributed by atoms with Crippen molar-refractivity contribution in [1.29, 1.82) is 0 Å². The van der Waals surface area contributed by atoms with Crippen LogP contribution in [-0.4, -0.2) is 11.3 Å². The van der Waals surface area contributed by atoms with Crippen molar-refractivity contribution in [3.05, 3.63) is 0 Å². The van der Waals surface area contributed by atoms with Gasteiger partial charge in [0.25, 0.3) is 0 Å². The van der Waals surface area contributed by atoms with E-state index in [4.69, 9.17) is 5.73 Å². The Bertz CT molecular complexity index is 401. The number of hydrogen-bond acceptors (Lipinski definition) is 2. The number of aliphatic hydroxyl groups excluding tert-OH is 1. The highest BCUT2D eigenvalue weighted by Gasteiger charge is 2.14. The second kappa shape index (κ2) is 35.1. The molecule has 2 heteroatoms. The van der Waals surface area contributed by atoms with Crippen LogP contribution in [0, 0.1) is 5.92 Å². The fourth-order valence-corrected chi connectivity index (χ4v) is 6.40. The van der Waals surface area contributed by atoms with Crippen LogP contribution in [0.3, 0.4) is 0 Å². The highest BCUT2D eigenvalue weighted by atomic mass is 16.3. The van der Waals surface area contributed by atoms with Gasteiger partial charge in [-0.15, -0.1) is 0 Å². The molecule has 0 bridgehead atoms. The van der Waals surface area contributed by atoms with Gasteiger partial charge in [-0.3, -0.25) is 0 Å². The van der Waals surface area contributed by atoms with Gasteiger partial charge in [0.05, 0.1) is 0 Å². The van der Waals surface area contributed by atoms with Crippen LogP contribution in [0.2, 0.25) is 0 Å². The molecule has 0 aromatic rings. The minimum atomic E-state index is -0.618. The van der Waals surface area contributed by atoms with Crippen molar-refractivity contribution in [3.8, 4) is 0 Å². The Hall–Kier alpha value is -0.0800. The van der Waals surface area contributed by atoms with Crippen molar-refractivity contribution < 1.29 is 5.11 Å². The van der Waals surface area contributed by atoms with E-state index < -0.39 is 6.23 Å². The first-order valence-corrected chi connectivity index (χ1v) is 19.2. The molecule has 0 aliphatic rings. The van der Waals surface area contributed by atoms with Crippen molar-refractivity contribution in [2.45, 2.75) is 238 Å². The topological polar surface area (TPSA) is 46.2 Å². The molecule has 0 heterocycles. The van der Waals surface area contributed by atoms with Crippen LogP contribution in [0.5, 0.6) is 0 Å². The molecule has 0 aliphatic carbocycles. The maximum atomic E-state index is 10.0. The molecule has 0 aromatic carbocycles. The third-order valence-electron chi connectivity index (χ3n) is 9.34. The predicted molar refractivity (Wildman–Crippen MR) is 182 cm³/mol. The number of hydrogen-bond donors (Lipinski definition) is 2. The van der Waals surface area contributed by atoms with E-state index >= 15 is 0 Å². The predicted octanol–water partition coefficient (Wildman–Crippen LogP) is 13.2. The van der Waals surface area contributed by atoms with Gasteiger partial charge >= 0.3 is 0 Å². The van der Waals surface area contributed by atoms with Crippen molar-refractivity contribution >= 4 is 0 Å². The van der Waals surface area contributed by atoms with Crippen molar-refractivity contribution in [2.75, 3.05) is 0 Å². The average molecular weight is 566 g/mol. The summed E-state index contributed by atoms with van der Waals surface area (Å²) in [5.41, 5.74) is 5.93. The third kappa shape index (κ3) is 32.4. The quantitative estimate of drug-likeness (QED) is 0.0593. The van der Waals surface area contributed by atoms with Gasteiger partial charge < -0.3 is 10.8 Å². The number of nitrogens with two attached hydrogens (primary N) is 1. The lowest BCUT2D eigenvalue weighted by Crippen LogP contribution is -2.29. The summed E-state index contributed by atoms with van der Waals surface area (Å²) < 4.78 is 0. The van der Waals surface area contributed by atoms with E-state index in [0.29, 0.717) is 5.92 Å². The molecular weight excluding hydrogens is 486 g/mol. The van der Waals surface area contributed by atoms with Crippen LogP contribution in [0.15, 0.2) is 0 Å². The number of rotatable bonds is 35. The molecule has 0 saturated heterocycles. The van der Waals surface area contributed by atoms with Crippen molar-refractivity contribution in [3.63, 3.8) is 0 Å². The molecule has 0 saturated carbocycles. The van der Waals surface area contributed by atoms with Gasteiger partial charge in [0.2, 0.25) is 0 Å². The van der Waals surface area contributed by atoms with Gasteiger partial charge in [-0.05, 0) is 18.8 Å². The summed E-state index contributed by atoms with van der Waals surface area (Å²) in [6.45, 7) is 4.59. The molecule has 0 radical (unpaired) electrons. The first kappa shape index (κ1) is 39.9. The van der Waals surface area contributed by atoms with Gasteiger partial charge in [0, 0.05) is 0 Å². The van der Waals surface area contributed by atoms with E-state index in [1.165, 1.54) is 205 Å². The molecule has 242 valence electrons. The van der Waals surface area contributed by atoms with Crippen LogP contribution in [0.1, 0.15) is 232 Å². The van der Waals surface area contributed by atoms with Gasteiger partial charge in [-0.2, -0.15) is 0 Å². The smallest absolute Gasteiger partial charge is 0.105 e. The number of unbranched alkanes of at least 4 members (excludes halogenated alkanes) is 30. The summed E-state index contributed by atoms with van der Waals surface area (Å²) in [5.74, 6) is 0.318. The third-order valence-corrected chi connectivity index (χ3v) is 9.34. The first-order valence-electron chi connectivity index (χ1n) is 19.2. The van der Waals surface area contributed by atoms with Crippen molar-refractivity contribution in [2.24, 2.45) is 11.7 Å². The summed E-state index contributed by atoms with van der Waals surface area (Å²) in [6, 6.07) is 0. The Morgan fingerprint density at radius 2 is 0.500 bits per heavy atom. The summed E-state index contributed by atoms with van der Waals surface area (Å²) in [4.78, 5) is 0. The fourth-order valence-electron chi connectivity index (χ4n) is 6.40. The molecule has 0 aliphatic heterocycles. The highest BCUT2D eigenvalue weighted by molar-refractivity contribution is 4.65. The Kier molecular flexibility index (Phi) is 35.0. The standard InChI is InChI=1S/C38H79NO/c1-3-5-7-9-11-13-15-17-19-21-23-25-27-29-31-33-35-37(38(39)40)36-34-32-30-28-26-24-22-20-18-16-14-12-10-8-6-4-2/h37-38,40H,3-36,39H2,1-2H3. The molecule has 0 amide bonds. The molecule has 40 heavy (non-hydrogen) atoms. The lowest BCUT2D eigenvalue weighted by Gasteiger charge is -2.19. The van der Waals surface area contributed by atoms with Crippen LogP contribution < -0.4 is 5.73 Å². The Morgan fingerprint density at radius 3 is 0.675 bits per heavy atom. The van der Waals surface area contributed by atoms with Gasteiger partial charge in [0.15, 0.2) is 0 Å². The minimum Gasteiger partial charge on any atom is -0.379 e. The molecule has 0 fully saturated rings. The maximum Gasteiger partial charge on any atom is 0.105 e. The summed E-state index contributed by atoms with van der Waals surface area (Å²) in [7, 11) is 0. The molecule has 1 unspecified atom stereocenters. The molecule has 3 N–H and O–H groups in total. The number of aliphatic hydroxyl groups is 1. The lowest BCUT2D eigenvalue weighted by molar-refractivity contribution is 0.0997. The molecule has 0 aromatic heterocycles. The Labute approximate surface area is 254 Å². The van der Waals surface area contributed by atoms with Gasteiger partial charge in [0.1, 0.15) is 6.23 Å². The summed E-state index contributed by atoms with van der Waals surface area (Å²) in [5, 5.41) is 10.0. The summed E-state index contributed by atoms with van der Waals surface area (Å²) >= 11 is 0. The maximum absolute atomic E-state index is 10.0. The second-order valence-corrected chi connectivity index (χ2v) is 13.4. The fraction of sp³-hybridized carbons (Fsp3) is 1.00. The zero-order chi connectivity index (χ0) is 29.2. The van der Waals surface area contributed by atoms with E-state index in [2.05, 4.69) is 13.8 Å².